The Bertz CT molecular complexity index is 693. The number of rotatable bonds is 4. The minimum Gasteiger partial charge on any atom is -0.342 e. The Morgan fingerprint density at radius 1 is 1.35 bits per heavy atom. The Hall–Kier alpha value is -1.81. The molecule has 0 N–H and O–H groups in total. The van der Waals surface area contributed by atoms with Gasteiger partial charge in [0.15, 0.2) is 0 Å². The SMILES string of the molecule is Cc1cn(C)c([C@@H]2CCN(C(=O)CCc3ccc(Cl)cc3)C2)n1. The first kappa shape index (κ1) is 16.1. The van der Waals surface area contributed by atoms with Crippen molar-refractivity contribution in [3.05, 3.63) is 52.6 Å². The smallest absolute Gasteiger partial charge is 0.222 e. The second kappa shape index (κ2) is 6.75. The van der Waals surface area contributed by atoms with E-state index in [-0.39, 0.29) is 5.91 Å². The van der Waals surface area contributed by atoms with Crippen molar-refractivity contribution in [2.75, 3.05) is 13.1 Å². The number of imidazole rings is 1. The minimum absolute atomic E-state index is 0.230. The second-order valence-corrected chi connectivity index (χ2v) is 6.74. The van der Waals surface area contributed by atoms with Crippen LogP contribution in [-0.4, -0.2) is 33.4 Å². The maximum atomic E-state index is 12.4. The molecule has 1 atom stereocenters. The van der Waals surface area contributed by atoms with Crippen LogP contribution in [0.1, 0.15) is 35.8 Å². The molecule has 1 aliphatic rings. The summed E-state index contributed by atoms with van der Waals surface area (Å²) in [6.45, 7) is 3.62. The van der Waals surface area contributed by atoms with Crippen LogP contribution in [0, 0.1) is 6.92 Å². The zero-order chi connectivity index (χ0) is 16.4. The normalized spacial score (nSPS) is 17.7. The fourth-order valence-electron chi connectivity index (χ4n) is 3.27. The average molecular weight is 332 g/mol. The Morgan fingerprint density at radius 3 is 2.74 bits per heavy atom. The van der Waals surface area contributed by atoms with E-state index in [0.29, 0.717) is 12.3 Å². The fraction of sp³-hybridized carbons (Fsp3) is 0.444. The number of carbonyl (C=O) groups excluding carboxylic acids is 1. The molecule has 1 aromatic carbocycles. The topological polar surface area (TPSA) is 38.1 Å². The highest BCUT2D eigenvalue weighted by Gasteiger charge is 2.29. The van der Waals surface area contributed by atoms with Crippen molar-refractivity contribution in [3.8, 4) is 0 Å². The molecule has 0 radical (unpaired) electrons. The molecule has 23 heavy (non-hydrogen) atoms. The van der Waals surface area contributed by atoms with Gasteiger partial charge in [0, 0.05) is 43.7 Å². The molecule has 5 heteroatoms. The molecule has 0 unspecified atom stereocenters. The second-order valence-electron chi connectivity index (χ2n) is 6.30. The summed E-state index contributed by atoms with van der Waals surface area (Å²) in [5, 5.41) is 0.729. The number of likely N-dealkylation sites (tertiary alicyclic amines) is 1. The third-order valence-electron chi connectivity index (χ3n) is 4.48. The quantitative estimate of drug-likeness (QED) is 0.862. The standard InChI is InChI=1S/C18H22ClN3O/c1-13-11-21(2)18(20-13)15-9-10-22(12-15)17(23)8-5-14-3-6-16(19)7-4-14/h3-4,6-7,11,15H,5,8-10,12H2,1-2H3/t15-/m1/s1. The van der Waals surface area contributed by atoms with E-state index in [9.17, 15) is 4.79 Å². The number of hydrogen-bond acceptors (Lipinski definition) is 2. The average Bonchev–Trinajstić information content (AvgIpc) is 3.13. The number of halogens is 1. The lowest BCUT2D eigenvalue weighted by Gasteiger charge is -2.16. The van der Waals surface area contributed by atoms with Crippen LogP contribution in [0.25, 0.3) is 0 Å². The van der Waals surface area contributed by atoms with E-state index >= 15 is 0 Å². The highest BCUT2D eigenvalue weighted by molar-refractivity contribution is 6.30. The molecule has 122 valence electrons. The van der Waals surface area contributed by atoms with Crippen molar-refractivity contribution >= 4 is 17.5 Å². The van der Waals surface area contributed by atoms with Gasteiger partial charge in [0.1, 0.15) is 5.82 Å². The molecular weight excluding hydrogens is 310 g/mol. The lowest BCUT2D eigenvalue weighted by atomic mass is 10.1. The molecule has 0 bridgehead atoms. The maximum absolute atomic E-state index is 12.4. The highest BCUT2D eigenvalue weighted by Crippen LogP contribution is 2.27. The van der Waals surface area contributed by atoms with Crippen molar-refractivity contribution in [1.29, 1.82) is 0 Å². The van der Waals surface area contributed by atoms with Gasteiger partial charge in [0.05, 0.1) is 5.69 Å². The molecule has 1 fully saturated rings. The summed E-state index contributed by atoms with van der Waals surface area (Å²) in [4.78, 5) is 19.0. The van der Waals surface area contributed by atoms with Gasteiger partial charge in [-0.3, -0.25) is 4.79 Å². The van der Waals surface area contributed by atoms with Gasteiger partial charge in [-0.05, 0) is 37.5 Å². The lowest BCUT2D eigenvalue weighted by Crippen LogP contribution is -2.28. The van der Waals surface area contributed by atoms with Crippen molar-refractivity contribution in [2.24, 2.45) is 7.05 Å². The summed E-state index contributed by atoms with van der Waals surface area (Å²) in [7, 11) is 2.03. The Balaban J connectivity index is 1.55. The van der Waals surface area contributed by atoms with Crippen molar-refractivity contribution in [2.45, 2.75) is 32.1 Å². The van der Waals surface area contributed by atoms with Crippen LogP contribution in [0.3, 0.4) is 0 Å². The Labute approximate surface area is 142 Å². The van der Waals surface area contributed by atoms with Crippen LogP contribution in [0.4, 0.5) is 0 Å². The van der Waals surface area contributed by atoms with Crippen molar-refractivity contribution in [1.82, 2.24) is 14.5 Å². The number of nitrogens with zero attached hydrogens (tertiary/aromatic N) is 3. The largest absolute Gasteiger partial charge is 0.342 e. The Morgan fingerprint density at radius 2 is 2.09 bits per heavy atom. The van der Waals surface area contributed by atoms with Gasteiger partial charge in [0.25, 0.3) is 0 Å². The molecule has 2 heterocycles. The van der Waals surface area contributed by atoms with Crippen LogP contribution in [0.5, 0.6) is 0 Å². The molecule has 1 amide bonds. The van der Waals surface area contributed by atoms with Gasteiger partial charge in [-0.1, -0.05) is 23.7 Å². The van der Waals surface area contributed by atoms with Gasteiger partial charge < -0.3 is 9.47 Å². The first-order valence-electron chi connectivity index (χ1n) is 8.05. The summed E-state index contributed by atoms with van der Waals surface area (Å²) in [6.07, 6.45) is 4.35. The predicted octanol–water partition coefficient (Wildman–Crippen LogP) is 3.33. The molecule has 1 saturated heterocycles. The first-order valence-corrected chi connectivity index (χ1v) is 8.43. The van der Waals surface area contributed by atoms with Crippen LogP contribution in [0.15, 0.2) is 30.5 Å². The van der Waals surface area contributed by atoms with E-state index < -0.39 is 0 Å². The molecule has 0 spiro atoms. The number of benzene rings is 1. The molecule has 1 aliphatic heterocycles. The third-order valence-corrected chi connectivity index (χ3v) is 4.73. The number of aromatic nitrogens is 2. The van der Waals surface area contributed by atoms with Crippen LogP contribution in [-0.2, 0) is 18.3 Å². The van der Waals surface area contributed by atoms with E-state index in [2.05, 4.69) is 9.55 Å². The summed E-state index contributed by atoms with van der Waals surface area (Å²) in [6, 6.07) is 7.71. The van der Waals surface area contributed by atoms with Crippen molar-refractivity contribution < 1.29 is 4.79 Å². The molecule has 2 aromatic rings. The fourth-order valence-corrected chi connectivity index (χ4v) is 3.40. The van der Waals surface area contributed by atoms with Gasteiger partial charge in [-0.15, -0.1) is 0 Å². The maximum Gasteiger partial charge on any atom is 0.222 e. The third kappa shape index (κ3) is 3.75. The van der Waals surface area contributed by atoms with E-state index in [0.717, 1.165) is 48.0 Å². The van der Waals surface area contributed by atoms with E-state index in [4.69, 9.17) is 11.6 Å². The number of carbonyl (C=O) groups is 1. The van der Waals surface area contributed by atoms with E-state index in [1.54, 1.807) is 0 Å². The lowest BCUT2D eigenvalue weighted by molar-refractivity contribution is -0.130. The van der Waals surface area contributed by atoms with Crippen molar-refractivity contribution in [3.63, 3.8) is 0 Å². The van der Waals surface area contributed by atoms with Gasteiger partial charge >= 0.3 is 0 Å². The number of hydrogen-bond donors (Lipinski definition) is 0. The van der Waals surface area contributed by atoms with Gasteiger partial charge in [-0.25, -0.2) is 4.98 Å². The van der Waals surface area contributed by atoms with E-state index in [1.807, 2.05) is 49.3 Å². The van der Waals surface area contributed by atoms with E-state index in [1.165, 1.54) is 0 Å². The molecule has 4 nitrogen and oxygen atoms in total. The monoisotopic (exact) mass is 331 g/mol. The number of amides is 1. The van der Waals surface area contributed by atoms with Crippen LogP contribution in [0.2, 0.25) is 5.02 Å². The summed E-state index contributed by atoms with van der Waals surface area (Å²) in [5.41, 5.74) is 2.19. The van der Waals surface area contributed by atoms with Crippen LogP contribution >= 0.6 is 11.6 Å². The highest BCUT2D eigenvalue weighted by atomic mass is 35.5. The summed E-state index contributed by atoms with van der Waals surface area (Å²) >= 11 is 5.88. The molecule has 1 aromatic heterocycles. The predicted molar refractivity (Wildman–Crippen MR) is 91.7 cm³/mol. The molecule has 0 saturated carbocycles. The summed E-state index contributed by atoms with van der Waals surface area (Å²) in [5.74, 6) is 1.68. The number of aryl methyl sites for hydroxylation is 3. The zero-order valence-corrected chi connectivity index (χ0v) is 14.4. The molecular formula is C18H22ClN3O. The minimum atomic E-state index is 0.230. The molecule has 0 aliphatic carbocycles. The first-order chi connectivity index (χ1) is 11.0. The zero-order valence-electron chi connectivity index (χ0n) is 13.6. The van der Waals surface area contributed by atoms with Crippen LogP contribution < -0.4 is 0 Å². The Kier molecular flexibility index (Phi) is 4.71. The molecule has 3 rings (SSSR count). The summed E-state index contributed by atoms with van der Waals surface area (Å²) < 4.78 is 2.09. The van der Waals surface area contributed by atoms with Gasteiger partial charge in [-0.2, -0.15) is 0 Å². The van der Waals surface area contributed by atoms with Gasteiger partial charge in [0.2, 0.25) is 5.91 Å².